The van der Waals surface area contributed by atoms with Crippen LogP contribution >= 0.6 is 0 Å². The third-order valence-electron chi connectivity index (χ3n) is 2.60. The number of carboxylic acid groups (broad SMARTS) is 1. The maximum atomic E-state index is 11.5. The van der Waals surface area contributed by atoms with Crippen LogP contribution in [-0.4, -0.2) is 48.7 Å². The van der Waals surface area contributed by atoms with Gasteiger partial charge in [-0.05, 0) is 12.6 Å². The van der Waals surface area contributed by atoms with Crippen LogP contribution in [0.5, 0.6) is 0 Å². The lowest BCUT2D eigenvalue weighted by molar-refractivity contribution is -0.145. The van der Waals surface area contributed by atoms with Gasteiger partial charge in [-0.25, -0.2) is 0 Å². The Bertz CT molecular complexity index is 405. The highest BCUT2D eigenvalue weighted by molar-refractivity contribution is 5.72. The fourth-order valence-electron chi connectivity index (χ4n) is 1.56. The molecule has 0 unspecified atom stereocenters. The zero-order valence-electron chi connectivity index (χ0n) is 11.0. The van der Waals surface area contributed by atoms with Crippen LogP contribution in [0.4, 0.5) is 0 Å². The molecule has 1 rings (SSSR count). The molecule has 5 nitrogen and oxygen atoms in total. The minimum Gasteiger partial charge on any atom is -0.481 e. The topological polar surface area (TPSA) is 66.8 Å². The molecule has 0 fully saturated rings. The second-order valence-corrected chi connectivity index (χ2v) is 4.34. The van der Waals surface area contributed by atoms with E-state index in [-0.39, 0.29) is 18.9 Å². The van der Waals surface area contributed by atoms with Crippen molar-refractivity contribution in [3.63, 3.8) is 0 Å². The summed E-state index contributed by atoms with van der Waals surface area (Å²) in [4.78, 5) is 23.5. The van der Waals surface area contributed by atoms with Crippen molar-refractivity contribution in [2.75, 3.05) is 26.7 Å². The van der Waals surface area contributed by atoms with Crippen molar-refractivity contribution >= 4 is 11.9 Å². The number of ether oxygens (including phenoxy) is 1. The Morgan fingerprint density at radius 2 is 1.95 bits per heavy atom. The van der Waals surface area contributed by atoms with Gasteiger partial charge in [-0.2, -0.15) is 0 Å². The summed E-state index contributed by atoms with van der Waals surface area (Å²) in [5.41, 5.74) is 1.12. The van der Waals surface area contributed by atoms with Gasteiger partial charge in [0.1, 0.15) is 0 Å². The van der Waals surface area contributed by atoms with E-state index in [0.717, 1.165) is 5.56 Å². The summed E-state index contributed by atoms with van der Waals surface area (Å²) in [7, 11) is 1.70. The number of hydrogen-bond donors (Lipinski definition) is 1. The minimum atomic E-state index is -0.871. The largest absolute Gasteiger partial charge is 0.481 e. The highest BCUT2D eigenvalue weighted by Crippen LogP contribution is 2.00. The van der Waals surface area contributed by atoms with E-state index in [2.05, 4.69) is 0 Å². The molecular formula is C14H19NO4. The third-order valence-corrected chi connectivity index (χ3v) is 2.60. The molecule has 0 spiro atoms. The van der Waals surface area contributed by atoms with E-state index in [1.165, 1.54) is 0 Å². The van der Waals surface area contributed by atoms with E-state index < -0.39 is 5.97 Å². The molecule has 0 heterocycles. The molecule has 0 amide bonds. The second kappa shape index (κ2) is 8.26. The van der Waals surface area contributed by atoms with Gasteiger partial charge in [-0.15, -0.1) is 0 Å². The molecule has 0 aliphatic carbocycles. The quantitative estimate of drug-likeness (QED) is 0.715. The lowest BCUT2D eigenvalue weighted by atomic mass is 10.2. The first kappa shape index (κ1) is 15.2. The third kappa shape index (κ3) is 7.21. The van der Waals surface area contributed by atoms with Crippen LogP contribution in [0.1, 0.15) is 12.0 Å². The average molecular weight is 265 g/mol. The number of carbonyl (C=O) groups is 2. The number of aliphatic carboxylic acids is 1. The highest BCUT2D eigenvalue weighted by atomic mass is 16.5. The maximum Gasteiger partial charge on any atom is 0.320 e. The molecule has 0 aliphatic heterocycles. The van der Waals surface area contributed by atoms with E-state index >= 15 is 0 Å². The predicted octanol–water partition coefficient (Wildman–Crippen LogP) is 1.18. The molecule has 0 saturated carbocycles. The van der Waals surface area contributed by atoms with Crippen LogP contribution in [0.2, 0.25) is 0 Å². The molecule has 0 bridgehead atoms. The van der Waals surface area contributed by atoms with Crippen LogP contribution in [-0.2, 0) is 20.7 Å². The smallest absolute Gasteiger partial charge is 0.320 e. The first-order chi connectivity index (χ1) is 9.08. The fraction of sp³-hybridized carbons (Fsp3) is 0.429. The van der Waals surface area contributed by atoms with E-state index in [0.29, 0.717) is 19.6 Å². The summed E-state index contributed by atoms with van der Waals surface area (Å²) in [6, 6.07) is 9.78. The Labute approximate surface area is 112 Å². The fourth-order valence-corrected chi connectivity index (χ4v) is 1.56. The Morgan fingerprint density at radius 1 is 1.26 bits per heavy atom. The van der Waals surface area contributed by atoms with Crippen molar-refractivity contribution in [3.8, 4) is 0 Å². The number of hydrogen-bond acceptors (Lipinski definition) is 4. The van der Waals surface area contributed by atoms with Crippen LogP contribution in [0, 0.1) is 0 Å². The van der Waals surface area contributed by atoms with Crippen molar-refractivity contribution in [1.82, 2.24) is 4.90 Å². The molecule has 1 aromatic carbocycles. The number of rotatable bonds is 8. The van der Waals surface area contributed by atoms with Crippen molar-refractivity contribution in [1.29, 1.82) is 0 Å². The average Bonchev–Trinajstić information content (AvgIpc) is 2.37. The highest BCUT2D eigenvalue weighted by Gasteiger charge is 2.09. The van der Waals surface area contributed by atoms with Gasteiger partial charge in [0.05, 0.1) is 19.6 Å². The Morgan fingerprint density at radius 3 is 2.58 bits per heavy atom. The summed E-state index contributed by atoms with van der Waals surface area (Å²) in [5, 5.41) is 8.52. The number of esters is 1. The molecule has 5 heteroatoms. The lowest BCUT2D eigenvalue weighted by Crippen LogP contribution is -2.29. The van der Waals surface area contributed by atoms with E-state index in [4.69, 9.17) is 9.84 Å². The van der Waals surface area contributed by atoms with Gasteiger partial charge in [-0.1, -0.05) is 30.3 Å². The molecule has 0 atom stereocenters. The molecule has 0 saturated heterocycles. The van der Waals surface area contributed by atoms with Gasteiger partial charge in [-0.3, -0.25) is 14.5 Å². The van der Waals surface area contributed by atoms with Gasteiger partial charge in [0.2, 0.25) is 0 Å². The molecule has 1 aromatic rings. The number of nitrogens with zero attached hydrogens (tertiary/aromatic N) is 1. The van der Waals surface area contributed by atoms with Crippen molar-refractivity contribution < 1.29 is 19.4 Å². The number of carbonyl (C=O) groups excluding carboxylic acids is 1. The Kier molecular flexibility index (Phi) is 6.60. The van der Waals surface area contributed by atoms with Gasteiger partial charge < -0.3 is 9.84 Å². The molecular weight excluding hydrogens is 246 g/mol. The maximum absolute atomic E-state index is 11.5. The number of benzene rings is 1. The Hall–Kier alpha value is -1.88. The van der Waals surface area contributed by atoms with Gasteiger partial charge in [0.15, 0.2) is 0 Å². The van der Waals surface area contributed by atoms with E-state index in [1.807, 2.05) is 30.3 Å². The van der Waals surface area contributed by atoms with Crippen LogP contribution in [0.3, 0.4) is 0 Å². The Balaban J connectivity index is 2.15. The van der Waals surface area contributed by atoms with E-state index in [1.54, 1.807) is 11.9 Å². The number of carboxylic acids is 1. The zero-order valence-corrected chi connectivity index (χ0v) is 11.0. The van der Waals surface area contributed by atoms with Gasteiger partial charge >= 0.3 is 11.9 Å². The summed E-state index contributed by atoms with van der Waals surface area (Å²) < 4.78 is 5.10. The van der Waals surface area contributed by atoms with Crippen LogP contribution in [0.25, 0.3) is 0 Å². The predicted molar refractivity (Wildman–Crippen MR) is 70.9 cm³/mol. The van der Waals surface area contributed by atoms with Gasteiger partial charge in [0.25, 0.3) is 0 Å². The van der Waals surface area contributed by atoms with Crippen molar-refractivity contribution in [3.05, 3.63) is 35.9 Å². The first-order valence-corrected chi connectivity index (χ1v) is 6.18. The SMILES string of the molecule is CN(CCC(=O)O)CC(=O)OCCc1ccccc1. The normalized spacial score (nSPS) is 10.4. The molecule has 0 aromatic heterocycles. The summed E-state index contributed by atoms with van der Waals surface area (Å²) in [5.74, 6) is -1.20. The monoisotopic (exact) mass is 265 g/mol. The lowest BCUT2D eigenvalue weighted by Gasteiger charge is -2.14. The zero-order chi connectivity index (χ0) is 14.1. The molecule has 1 N–H and O–H groups in total. The molecule has 104 valence electrons. The van der Waals surface area contributed by atoms with Crippen LogP contribution in [0.15, 0.2) is 30.3 Å². The van der Waals surface area contributed by atoms with Crippen molar-refractivity contribution in [2.45, 2.75) is 12.8 Å². The second-order valence-electron chi connectivity index (χ2n) is 4.34. The van der Waals surface area contributed by atoms with Crippen LogP contribution < -0.4 is 0 Å². The molecule has 0 radical (unpaired) electrons. The summed E-state index contributed by atoms with van der Waals surface area (Å²) in [6.45, 7) is 0.792. The minimum absolute atomic E-state index is 0.0216. The standard InChI is InChI=1S/C14H19NO4/c1-15(9-7-13(16)17)11-14(18)19-10-8-12-5-3-2-4-6-12/h2-6H,7-11H2,1H3,(H,16,17). The summed E-state index contributed by atoms with van der Waals surface area (Å²) in [6.07, 6.45) is 0.708. The van der Waals surface area contributed by atoms with Gasteiger partial charge in [0, 0.05) is 13.0 Å². The number of likely N-dealkylation sites (N-methyl/N-ethyl adjacent to an activating group) is 1. The van der Waals surface area contributed by atoms with Crippen molar-refractivity contribution in [2.24, 2.45) is 0 Å². The molecule has 0 aliphatic rings. The summed E-state index contributed by atoms with van der Waals surface area (Å²) >= 11 is 0. The first-order valence-electron chi connectivity index (χ1n) is 6.18. The van der Waals surface area contributed by atoms with E-state index in [9.17, 15) is 9.59 Å². The molecule has 19 heavy (non-hydrogen) atoms.